The van der Waals surface area contributed by atoms with Gasteiger partial charge in [0, 0.05) is 0 Å². The second-order valence-electron chi connectivity index (χ2n) is 5.73. The molecule has 1 saturated carbocycles. The van der Waals surface area contributed by atoms with Crippen LogP contribution in [0.15, 0.2) is 12.1 Å². The zero-order chi connectivity index (χ0) is 14.6. The Morgan fingerprint density at radius 1 is 1.16 bits per heavy atom. The third-order valence-corrected chi connectivity index (χ3v) is 4.28. The highest BCUT2D eigenvalue weighted by atomic mass is 16.3. The van der Waals surface area contributed by atoms with Gasteiger partial charge in [0.05, 0.1) is 0 Å². The van der Waals surface area contributed by atoms with E-state index in [9.17, 15) is 5.11 Å². The van der Waals surface area contributed by atoms with Gasteiger partial charge >= 0.3 is 0 Å². The van der Waals surface area contributed by atoms with Gasteiger partial charge in [0.1, 0.15) is 5.75 Å². The Morgan fingerprint density at radius 3 is 2.16 bits per heavy atom. The molecule has 0 radical (unpaired) electrons. The average molecular weight is 262 g/mol. The van der Waals surface area contributed by atoms with Gasteiger partial charge in [-0.2, -0.15) is 0 Å². The van der Waals surface area contributed by atoms with Crippen molar-refractivity contribution in [2.24, 2.45) is 5.92 Å². The summed E-state index contributed by atoms with van der Waals surface area (Å²) in [5, 5.41) is 10.5. The molecule has 0 saturated heterocycles. The highest BCUT2D eigenvalue weighted by molar-refractivity contribution is 5.47. The summed E-state index contributed by atoms with van der Waals surface area (Å²) in [5.41, 5.74) is 3.58. The summed E-state index contributed by atoms with van der Waals surface area (Å²) in [6, 6.07) is 4.32. The van der Waals surface area contributed by atoms with Crippen molar-refractivity contribution < 1.29 is 5.11 Å². The Labute approximate surface area is 119 Å². The highest BCUT2D eigenvalue weighted by Gasteiger charge is 2.31. The standard InChI is InChI=1S/C16H24O.C2H6/c1-5-11(3)14-8-10(2)9-15(16(14)17)12(4)13-6-7-13;1-2/h8-9,11-13,17H,5-7H2,1-4H3;1-2H3. The van der Waals surface area contributed by atoms with Crippen LogP contribution >= 0.6 is 0 Å². The van der Waals surface area contributed by atoms with Crippen molar-refractivity contribution in [1.29, 1.82) is 0 Å². The largest absolute Gasteiger partial charge is 0.507 e. The van der Waals surface area contributed by atoms with Crippen molar-refractivity contribution in [2.45, 2.75) is 72.6 Å². The molecule has 2 rings (SSSR count). The van der Waals surface area contributed by atoms with Crippen molar-refractivity contribution in [3.8, 4) is 5.75 Å². The maximum Gasteiger partial charge on any atom is 0.122 e. The molecule has 1 aromatic rings. The molecule has 0 aliphatic heterocycles. The molecule has 108 valence electrons. The van der Waals surface area contributed by atoms with E-state index in [0.29, 0.717) is 17.6 Å². The Morgan fingerprint density at radius 2 is 1.68 bits per heavy atom. The second kappa shape index (κ2) is 6.98. The number of hydrogen-bond donors (Lipinski definition) is 1. The van der Waals surface area contributed by atoms with Crippen LogP contribution in [0.25, 0.3) is 0 Å². The number of aryl methyl sites for hydroxylation is 1. The lowest BCUT2D eigenvalue weighted by Crippen LogP contribution is -2.01. The zero-order valence-electron chi connectivity index (χ0n) is 13.5. The normalized spacial score (nSPS) is 17.4. The first-order valence-electron chi connectivity index (χ1n) is 7.88. The summed E-state index contributed by atoms with van der Waals surface area (Å²) in [4.78, 5) is 0. The van der Waals surface area contributed by atoms with E-state index in [1.807, 2.05) is 13.8 Å². The summed E-state index contributed by atoms with van der Waals surface area (Å²) in [6.45, 7) is 12.8. The Bertz CT molecular complexity index is 404. The fourth-order valence-electron chi connectivity index (χ4n) is 2.63. The van der Waals surface area contributed by atoms with Crippen molar-refractivity contribution >= 4 is 0 Å². The number of phenols is 1. The second-order valence-corrected chi connectivity index (χ2v) is 5.73. The van der Waals surface area contributed by atoms with Crippen LogP contribution in [-0.2, 0) is 0 Å². The van der Waals surface area contributed by atoms with Crippen molar-refractivity contribution in [3.63, 3.8) is 0 Å². The van der Waals surface area contributed by atoms with Crippen molar-refractivity contribution in [2.75, 3.05) is 0 Å². The maximum absolute atomic E-state index is 10.5. The van der Waals surface area contributed by atoms with Gasteiger partial charge in [0.25, 0.3) is 0 Å². The molecule has 1 N–H and O–H groups in total. The SMILES string of the molecule is CC.CCC(C)c1cc(C)cc(C(C)C2CC2)c1O. The third kappa shape index (κ3) is 3.75. The summed E-state index contributed by atoms with van der Waals surface area (Å²) in [5.74, 6) is 2.31. The molecule has 0 spiro atoms. The molecule has 19 heavy (non-hydrogen) atoms. The molecule has 0 heterocycles. The van der Waals surface area contributed by atoms with Gasteiger partial charge in [-0.05, 0) is 55.1 Å². The molecule has 1 aliphatic rings. The van der Waals surface area contributed by atoms with Gasteiger partial charge in [-0.3, -0.25) is 0 Å². The van der Waals surface area contributed by atoms with Crippen molar-refractivity contribution in [1.82, 2.24) is 0 Å². The highest BCUT2D eigenvalue weighted by Crippen LogP contribution is 2.46. The molecule has 1 nitrogen and oxygen atoms in total. The van der Waals surface area contributed by atoms with Crippen LogP contribution < -0.4 is 0 Å². The van der Waals surface area contributed by atoms with Crippen LogP contribution in [0.4, 0.5) is 0 Å². The molecule has 0 bridgehead atoms. The minimum absolute atomic E-state index is 0.444. The number of benzene rings is 1. The van der Waals surface area contributed by atoms with Gasteiger partial charge in [-0.25, -0.2) is 0 Å². The summed E-state index contributed by atoms with van der Waals surface area (Å²) in [7, 11) is 0. The molecule has 1 aromatic carbocycles. The van der Waals surface area contributed by atoms with Crippen molar-refractivity contribution in [3.05, 3.63) is 28.8 Å². The van der Waals surface area contributed by atoms with E-state index in [0.717, 1.165) is 17.9 Å². The molecule has 1 aliphatic carbocycles. The summed E-state index contributed by atoms with van der Waals surface area (Å²) in [6.07, 6.45) is 3.73. The first-order valence-corrected chi connectivity index (χ1v) is 7.88. The molecular weight excluding hydrogens is 232 g/mol. The van der Waals surface area contributed by atoms with Gasteiger partial charge in [0.15, 0.2) is 0 Å². The van der Waals surface area contributed by atoms with E-state index in [-0.39, 0.29) is 0 Å². The van der Waals surface area contributed by atoms with Crippen LogP contribution in [0.5, 0.6) is 5.75 Å². The van der Waals surface area contributed by atoms with Crippen LogP contribution in [0, 0.1) is 12.8 Å². The van der Waals surface area contributed by atoms with Crippen LogP contribution in [0.1, 0.15) is 82.4 Å². The van der Waals surface area contributed by atoms with Gasteiger partial charge in [-0.15, -0.1) is 0 Å². The molecule has 1 heteroatoms. The number of aromatic hydroxyl groups is 1. The summed E-state index contributed by atoms with van der Waals surface area (Å²) < 4.78 is 0. The van der Waals surface area contributed by atoms with Crippen LogP contribution in [-0.4, -0.2) is 5.11 Å². The van der Waals surface area contributed by atoms with E-state index in [4.69, 9.17) is 0 Å². The lowest BCUT2D eigenvalue weighted by Gasteiger charge is -2.19. The average Bonchev–Trinajstić information content (AvgIpc) is 3.26. The van der Waals surface area contributed by atoms with E-state index in [1.165, 1.54) is 24.0 Å². The van der Waals surface area contributed by atoms with Gasteiger partial charge in [-0.1, -0.05) is 52.3 Å². The predicted octanol–water partition coefficient (Wildman–Crippen LogP) is 5.75. The number of phenolic OH excluding ortho intramolecular Hbond substituents is 1. The van der Waals surface area contributed by atoms with Crippen LogP contribution in [0.2, 0.25) is 0 Å². The predicted molar refractivity (Wildman–Crippen MR) is 84.0 cm³/mol. The molecule has 0 amide bonds. The van der Waals surface area contributed by atoms with Crippen LogP contribution in [0.3, 0.4) is 0 Å². The molecule has 2 atom stereocenters. The van der Waals surface area contributed by atoms with E-state index < -0.39 is 0 Å². The zero-order valence-corrected chi connectivity index (χ0v) is 13.5. The minimum Gasteiger partial charge on any atom is -0.507 e. The van der Waals surface area contributed by atoms with E-state index in [1.54, 1.807) is 0 Å². The maximum atomic E-state index is 10.5. The lowest BCUT2D eigenvalue weighted by molar-refractivity contribution is 0.445. The smallest absolute Gasteiger partial charge is 0.122 e. The van der Waals surface area contributed by atoms with E-state index >= 15 is 0 Å². The first kappa shape index (κ1) is 16.1. The topological polar surface area (TPSA) is 20.2 Å². The minimum atomic E-state index is 0.444. The quantitative estimate of drug-likeness (QED) is 0.732. The van der Waals surface area contributed by atoms with Gasteiger partial charge < -0.3 is 5.11 Å². The fraction of sp³-hybridized carbons (Fsp3) is 0.667. The fourth-order valence-corrected chi connectivity index (χ4v) is 2.63. The Hall–Kier alpha value is -0.980. The molecule has 1 fully saturated rings. The lowest BCUT2D eigenvalue weighted by atomic mass is 9.87. The van der Waals surface area contributed by atoms with E-state index in [2.05, 4.69) is 39.8 Å². The first-order chi connectivity index (χ1) is 9.04. The summed E-state index contributed by atoms with van der Waals surface area (Å²) >= 11 is 0. The third-order valence-electron chi connectivity index (χ3n) is 4.28. The Kier molecular flexibility index (Phi) is 5.90. The monoisotopic (exact) mass is 262 g/mol. The Balaban J connectivity index is 0.000000861. The molecule has 2 unspecified atom stereocenters. The molecule has 0 aromatic heterocycles. The molecular formula is C18H30O. The van der Waals surface area contributed by atoms with Gasteiger partial charge in [0.2, 0.25) is 0 Å². The number of hydrogen-bond acceptors (Lipinski definition) is 1. The number of rotatable bonds is 4.